The van der Waals surface area contributed by atoms with Crippen molar-refractivity contribution in [3.63, 3.8) is 0 Å². The van der Waals surface area contributed by atoms with Crippen LogP contribution >= 0.6 is 0 Å². The third-order valence-electron chi connectivity index (χ3n) is 7.26. The number of hydrogen-bond acceptors (Lipinski definition) is 3. The Morgan fingerprint density at radius 2 is 0.857 bits per heavy atom. The number of benzene rings is 1. The van der Waals surface area contributed by atoms with Crippen LogP contribution in [0.1, 0.15) is 29.3 Å². The van der Waals surface area contributed by atoms with Gasteiger partial charge in [-0.05, 0) is 31.5 Å². The first-order chi connectivity index (χ1) is 24.2. The normalized spacial score (nSPS) is 16.0. The van der Waals surface area contributed by atoms with E-state index >= 15 is 0 Å². The van der Waals surface area contributed by atoms with E-state index in [0.29, 0.717) is 0 Å². The number of isocyanates is 1. The number of nitrogens with zero attached hydrogens (tertiary/aromatic N) is 1. The average molecular weight is 886 g/mol. The molecule has 1 aromatic carbocycles. The number of halogens is 27. The molecule has 0 fully saturated rings. The van der Waals surface area contributed by atoms with Gasteiger partial charge in [0, 0.05) is 12.5 Å². The molecule has 324 valence electrons. The SMILES string of the molecule is Cc1ccc(C(=O)NC(C)CC(F)(F)C(F)(F)C(F)(F)C(F)(F)C(F)(F)C(F)(F)C(F)(F)C(F)(F)C(F)(F)C(F)(F)C(F)(F)C(F)(F)C(F)(F)F)c(N=C=O)c1. The van der Waals surface area contributed by atoms with Crippen molar-refractivity contribution >= 4 is 17.7 Å². The average Bonchev–Trinajstić information content (AvgIpc) is 2.99. The van der Waals surface area contributed by atoms with Gasteiger partial charge in [0.05, 0.1) is 11.3 Å². The minimum atomic E-state index is -9.85. The van der Waals surface area contributed by atoms with Crippen LogP contribution in [0, 0.1) is 6.92 Å². The summed E-state index contributed by atoms with van der Waals surface area (Å²) >= 11 is 0. The molecule has 56 heavy (non-hydrogen) atoms. The van der Waals surface area contributed by atoms with E-state index in [2.05, 4.69) is 4.99 Å². The van der Waals surface area contributed by atoms with Crippen molar-refractivity contribution in [3.05, 3.63) is 29.3 Å². The quantitative estimate of drug-likeness (QED) is 0.102. The highest BCUT2D eigenvalue weighted by Crippen LogP contribution is 2.68. The van der Waals surface area contributed by atoms with E-state index in [0.717, 1.165) is 24.3 Å². The molecule has 1 unspecified atom stereocenters. The second-order valence-electron chi connectivity index (χ2n) is 11.3. The second-order valence-corrected chi connectivity index (χ2v) is 11.3. The molecule has 0 saturated heterocycles. The first-order valence-corrected chi connectivity index (χ1v) is 13.3. The van der Waals surface area contributed by atoms with Crippen LogP contribution in [0.25, 0.3) is 0 Å². The molecule has 1 amide bonds. The van der Waals surface area contributed by atoms with E-state index in [-0.39, 0.29) is 12.5 Å². The summed E-state index contributed by atoms with van der Waals surface area (Å²) in [6, 6.07) is -0.187. The molecule has 31 heteroatoms. The number of carbonyl (C=O) groups excluding carboxylic acids is 2. The number of alkyl halides is 27. The van der Waals surface area contributed by atoms with Crippen LogP contribution in [-0.4, -0.2) is 95.3 Å². The van der Waals surface area contributed by atoms with Crippen LogP contribution in [0.2, 0.25) is 0 Å². The van der Waals surface area contributed by atoms with Gasteiger partial charge >= 0.3 is 77.2 Å². The zero-order chi connectivity index (χ0) is 45.3. The van der Waals surface area contributed by atoms with Gasteiger partial charge in [0.2, 0.25) is 6.08 Å². The van der Waals surface area contributed by atoms with E-state index < -0.39 is 107 Å². The summed E-state index contributed by atoms with van der Waals surface area (Å²) in [7, 11) is 0. The molecule has 1 rings (SSSR count). The number of rotatable bonds is 16. The zero-order valence-corrected chi connectivity index (χ0v) is 26.0. The van der Waals surface area contributed by atoms with Crippen LogP contribution in [0.15, 0.2) is 23.2 Å². The van der Waals surface area contributed by atoms with Crippen molar-refractivity contribution in [3.8, 4) is 0 Å². The standard InChI is InChI=1S/C25H13F27N2O2/c1-8-3-4-10(11(5-8)53-7-55)12(56)54-9(2)6-13(26,27)14(28,29)15(30,31)16(32,33)17(34,35)18(36,37)19(38,39)20(40,41)21(42,43)22(44,45)23(46,47)24(48,49)25(50,51)52/h3-5,9H,6H2,1-2H3,(H,54,56). The summed E-state index contributed by atoms with van der Waals surface area (Å²) in [5.74, 6) is -112. The van der Waals surface area contributed by atoms with Crippen LogP contribution in [-0.2, 0) is 4.79 Å². The fourth-order valence-electron chi connectivity index (χ4n) is 4.02. The van der Waals surface area contributed by atoms with Gasteiger partial charge in [-0.3, -0.25) is 4.79 Å². The smallest absolute Gasteiger partial charge is 0.349 e. The molecule has 0 radical (unpaired) electrons. The van der Waals surface area contributed by atoms with Gasteiger partial charge in [0.1, 0.15) is 0 Å². The fourth-order valence-corrected chi connectivity index (χ4v) is 4.02. The lowest BCUT2D eigenvalue weighted by atomic mass is 9.83. The molecule has 0 bridgehead atoms. The molecule has 1 aromatic rings. The zero-order valence-electron chi connectivity index (χ0n) is 26.0. The highest BCUT2D eigenvalue weighted by atomic mass is 19.4. The van der Waals surface area contributed by atoms with E-state index in [1.165, 1.54) is 12.2 Å². The topological polar surface area (TPSA) is 58.5 Å². The highest BCUT2D eigenvalue weighted by Gasteiger charge is 3.00. The van der Waals surface area contributed by atoms with E-state index in [1.54, 1.807) is 0 Å². The minimum Gasteiger partial charge on any atom is -0.349 e. The maximum atomic E-state index is 14.4. The first-order valence-electron chi connectivity index (χ1n) is 13.3. The molecule has 0 aliphatic carbocycles. The summed E-state index contributed by atoms with van der Waals surface area (Å²) in [6.45, 7) is 1.38. The lowest BCUT2D eigenvalue weighted by Gasteiger charge is -2.46. The van der Waals surface area contributed by atoms with Gasteiger partial charge in [0.15, 0.2) is 0 Å². The molecular weight excluding hydrogens is 873 g/mol. The predicted octanol–water partition coefficient (Wildman–Crippen LogP) is 10.7. The summed E-state index contributed by atoms with van der Waals surface area (Å²) in [5.41, 5.74) is -1.33. The van der Waals surface area contributed by atoms with Crippen LogP contribution in [0.5, 0.6) is 0 Å². The summed E-state index contributed by atoms with van der Waals surface area (Å²) in [4.78, 5) is 25.8. The van der Waals surface area contributed by atoms with Crippen LogP contribution in [0.4, 0.5) is 124 Å². The first kappa shape index (κ1) is 50.2. The Hall–Kier alpha value is -3.82. The Kier molecular flexibility index (Phi) is 12.5. The summed E-state index contributed by atoms with van der Waals surface area (Å²) < 4.78 is 370. The van der Waals surface area contributed by atoms with Gasteiger partial charge in [-0.1, -0.05) is 6.07 Å². The van der Waals surface area contributed by atoms with Gasteiger partial charge in [-0.15, -0.1) is 0 Å². The second kappa shape index (κ2) is 13.9. The molecular formula is C25H13F27N2O2. The third-order valence-corrected chi connectivity index (χ3v) is 7.26. The Morgan fingerprint density at radius 1 is 0.554 bits per heavy atom. The van der Waals surface area contributed by atoms with Crippen molar-refractivity contribution in [1.29, 1.82) is 0 Å². The molecule has 0 aliphatic rings. The molecule has 0 heterocycles. The Balaban J connectivity index is 3.75. The van der Waals surface area contributed by atoms with Crippen molar-refractivity contribution < 1.29 is 128 Å². The molecule has 0 spiro atoms. The minimum absolute atomic E-state index is 0.102. The Morgan fingerprint density at radius 3 is 1.16 bits per heavy atom. The van der Waals surface area contributed by atoms with Crippen LogP contribution in [0.3, 0.4) is 0 Å². The molecule has 0 aliphatic heterocycles. The van der Waals surface area contributed by atoms with Crippen LogP contribution < -0.4 is 5.32 Å². The molecule has 0 saturated carbocycles. The van der Waals surface area contributed by atoms with E-state index in [4.69, 9.17) is 0 Å². The van der Waals surface area contributed by atoms with E-state index in [1.807, 2.05) is 0 Å². The molecule has 4 nitrogen and oxygen atoms in total. The highest BCUT2D eigenvalue weighted by molar-refractivity contribution is 5.99. The fraction of sp³-hybridized carbons (Fsp3) is 0.680. The monoisotopic (exact) mass is 886 g/mol. The maximum absolute atomic E-state index is 14.4. The maximum Gasteiger partial charge on any atom is 0.460 e. The Bertz CT molecular complexity index is 1670. The molecule has 0 aromatic heterocycles. The molecule has 1 N–H and O–H groups in total. The lowest BCUT2D eigenvalue weighted by Crippen LogP contribution is -2.78. The van der Waals surface area contributed by atoms with Crippen molar-refractivity contribution in [2.75, 3.05) is 0 Å². The molecule has 1 atom stereocenters. The van der Waals surface area contributed by atoms with Crippen molar-refractivity contribution in [2.45, 2.75) is 104 Å². The summed E-state index contributed by atoms with van der Waals surface area (Å²) in [5, 5.41) is 1.26. The largest absolute Gasteiger partial charge is 0.460 e. The van der Waals surface area contributed by atoms with E-state index in [9.17, 15) is 128 Å². The number of aliphatic imine (C=N–C) groups is 1. The number of nitrogens with one attached hydrogen (secondary N) is 1. The van der Waals surface area contributed by atoms with Crippen molar-refractivity contribution in [2.24, 2.45) is 4.99 Å². The van der Waals surface area contributed by atoms with Crippen molar-refractivity contribution in [1.82, 2.24) is 5.32 Å². The number of hydrogen-bond donors (Lipinski definition) is 1. The lowest BCUT2D eigenvalue weighted by molar-refractivity contribution is -0.485. The van der Waals surface area contributed by atoms with Gasteiger partial charge in [0.25, 0.3) is 5.91 Å². The number of amides is 1. The number of aryl methyl sites for hydroxylation is 1. The third kappa shape index (κ3) is 6.84. The number of carbonyl (C=O) groups is 1. The predicted molar refractivity (Wildman–Crippen MR) is 126 cm³/mol. The Labute approximate surface area is 290 Å². The summed E-state index contributed by atoms with van der Waals surface area (Å²) in [6.07, 6.45) is -10.6. The van der Waals surface area contributed by atoms with Gasteiger partial charge in [-0.25, -0.2) is 4.79 Å². The van der Waals surface area contributed by atoms with Gasteiger partial charge < -0.3 is 5.32 Å². The van der Waals surface area contributed by atoms with Gasteiger partial charge in [-0.2, -0.15) is 124 Å².